The molecule has 39 heavy (non-hydrogen) atoms. The van der Waals surface area contributed by atoms with Gasteiger partial charge in [0.2, 0.25) is 0 Å². The minimum absolute atomic E-state index is 1.27. The molecule has 0 bridgehead atoms. The Kier molecular flexibility index (Phi) is 10.0. The molecule has 6 aromatic rings. The second kappa shape index (κ2) is 14.3. The molecule has 0 spiro atoms. The van der Waals surface area contributed by atoms with Gasteiger partial charge in [-0.15, -0.1) is 0 Å². The molecular formula is C39H36. The number of benzene rings is 6. The molecule has 0 N–H and O–H groups in total. The first kappa shape index (κ1) is 27.4. The van der Waals surface area contributed by atoms with Crippen LogP contribution in [0.15, 0.2) is 164 Å². The van der Waals surface area contributed by atoms with Crippen LogP contribution in [-0.2, 0) is 0 Å². The van der Waals surface area contributed by atoms with Crippen LogP contribution >= 0.6 is 0 Å². The van der Waals surface area contributed by atoms with Crippen LogP contribution in [0.5, 0.6) is 0 Å². The molecule has 0 aliphatic rings. The lowest BCUT2D eigenvalue weighted by Gasteiger charge is -2.08. The minimum Gasteiger partial charge on any atom is -0.0622 e. The smallest absolute Gasteiger partial charge is 0.0175 e. The molecule has 192 valence electrons. The van der Waals surface area contributed by atoms with Gasteiger partial charge in [-0.05, 0) is 65.8 Å². The van der Waals surface area contributed by atoms with Crippen molar-refractivity contribution >= 4 is 0 Å². The lowest BCUT2D eigenvalue weighted by molar-refractivity contribution is 1.46. The Hall–Kier alpha value is -4.68. The van der Waals surface area contributed by atoms with E-state index in [0.717, 1.165) is 0 Å². The number of aryl methyl sites for hydroxylation is 3. The van der Waals surface area contributed by atoms with Crippen LogP contribution in [0.25, 0.3) is 33.4 Å². The molecule has 6 rings (SSSR count). The van der Waals surface area contributed by atoms with Gasteiger partial charge in [0.1, 0.15) is 0 Å². The van der Waals surface area contributed by atoms with Gasteiger partial charge >= 0.3 is 0 Å². The summed E-state index contributed by atoms with van der Waals surface area (Å²) in [7, 11) is 0. The molecule has 0 saturated carbocycles. The molecule has 0 aromatic heterocycles. The SMILES string of the molecule is Cc1cc(-c2ccccc2)cc(-c2ccccc2)c1.Cc1ccc(-c2ccccc2)cc1.Cc1ccccc1. The first-order chi connectivity index (χ1) is 19.1. The van der Waals surface area contributed by atoms with E-state index in [1.165, 1.54) is 50.1 Å². The maximum absolute atomic E-state index is 2.26. The third-order valence-electron chi connectivity index (χ3n) is 6.39. The molecule has 0 amide bonds. The molecule has 0 aliphatic heterocycles. The number of rotatable bonds is 3. The molecule has 0 saturated heterocycles. The fourth-order valence-electron chi connectivity index (χ4n) is 4.29. The highest BCUT2D eigenvalue weighted by Crippen LogP contribution is 2.28. The second-order valence-electron chi connectivity index (χ2n) is 9.71. The third-order valence-corrected chi connectivity index (χ3v) is 6.39. The largest absolute Gasteiger partial charge is 0.0622 e. The summed E-state index contributed by atoms with van der Waals surface area (Å²) in [5.74, 6) is 0. The lowest BCUT2D eigenvalue weighted by Crippen LogP contribution is -1.84. The van der Waals surface area contributed by atoms with Crippen molar-refractivity contribution in [3.8, 4) is 33.4 Å². The number of hydrogen-bond acceptors (Lipinski definition) is 0. The third kappa shape index (κ3) is 8.69. The van der Waals surface area contributed by atoms with Crippen molar-refractivity contribution in [3.05, 3.63) is 180 Å². The van der Waals surface area contributed by atoms with Gasteiger partial charge in [0, 0.05) is 0 Å². The Morgan fingerprint density at radius 3 is 0.897 bits per heavy atom. The molecule has 0 aliphatic carbocycles. The predicted octanol–water partition coefficient (Wildman–Crippen LogP) is 11.0. The Morgan fingerprint density at radius 1 is 0.231 bits per heavy atom. The molecule has 0 heteroatoms. The van der Waals surface area contributed by atoms with Crippen molar-refractivity contribution in [2.45, 2.75) is 20.8 Å². The highest BCUT2D eigenvalue weighted by Gasteiger charge is 2.03. The summed E-state index contributed by atoms with van der Waals surface area (Å²) in [4.78, 5) is 0. The van der Waals surface area contributed by atoms with Crippen LogP contribution in [0, 0.1) is 20.8 Å². The van der Waals surface area contributed by atoms with Crippen LogP contribution in [0.3, 0.4) is 0 Å². The van der Waals surface area contributed by atoms with Crippen molar-refractivity contribution in [1.82, 2.24) is 0 Å². The molecule has 0 heterocycles. The molecular weight excluding hydrogens is 468 g/mol. The molecule has 0 unspecified atom stereocenters. The maximum atomic E-state index is 2.26. The first-order valence-corrected chi connectivity index (χ1v) is 13.4. The zero-order valence-electron chi connectivity index (χ0n) is 23.1. The van der Waals surface area contributed by atoms with Gasteiger partial charge in [-0.2, -0.15) is 0 Å². The first-order valence-electron chi connectivity index (χ1n) is 13.4. The van der Waals surface area contributed by atoms with Gasteiger partial charge in [0.05, 0.1) is 0 Å². The summed E-state index contributed by atoms with van der Waals surface area (Å²) < 4.78 is 0. The monoisotopic (exact) mass is 504 g/mol. The van der Waals surface area contributed by atoms with Gasteiger partial charge in [-0.1, -0.05) is 169 Å². The van der Waals surface area contributed by atoms with E-state index in [2.05, 4.69) is 160 Å². The van der Waals surface area contributed by atoms with E-state index in [1.54, 1.807) is 0 Å². The Labute approximate surface area is 234 Å². The normalized spacial score (nSPS) is 9.92. The summed E-state index contributed by atoms with van der Waals surface area (Å²) in [6.07, 6.45) is 0. The number of hydrogen-bond donors (Lipinski definition) is 0. The maximum Gasteiger partial charge on any atom is -0.0175 e. The standard InChI is InChI=1S/C19H16.C13H12.C7H8/c1-15-12-18(16-8-4-2-5-9-16)14-19(13-15)17-10-6-3-7-11-17;1-11-7-9-13(10-8-11)12-5-3-2-4-6-12;1-7-5-3-2-4-6-7/h2-14H,1H3;2-10H,1H3;2-6H,1H3. The zero-order chi connectivity index (χ0) is 27.3. The van der Waals surface area contributed by atoms with E-state index in [4.69, 9.17) is 0 Å². The predicted molar refractivity (Wildman–Crippen MR) is 170 cm³/mol. The van der Waals surface area contributed by atoms with Crippen molar-refractivity contribution in [2.24, 2.45) is 0 Å². The van der Waals surface area contributed by atoms with Crippen LogP contribution in [-0.4, -0.2) is 0 Å². The average molecular weight is 505 g/mol. The van der Waals surface area contributed by atoms with Crippen molar-refractivity contribution in [1.29, 1.82) is 0 Å². The highest BCUT2D eigenvalue weighted by molar-refractivity contribution is 5.74. The van der Waals surface area contributed by atoms with E-state index in [9.17, 15) is 0 Å². The van der Waals surface area contributed by atoms with Gasteiger partial charge in [0.25, 0.3) is 0 Å². The second-order valence-corrected chi connectivity index (χ2v) is 9.71. The Morgan fingerprint density at radius 2 is 0.538 bits per heavy atom. The van der Waals surface area contributed by atoms with E-state index in [0.29, 0.717) is 0 Å². The van der Waals surface area contributed by atoms with Crippen LogP contribution in [0.4, 0.5) is 0 Å². The fraction of sp³-hybridized carbons (Fsp3) is 0.0769. The summed E-state index contributed by atoms with van der Waals surface area (Å²) >= 11 is 0. The van der Waals surface area contributed by atoms with Crippen LogP contribution in [0.2, 0.25) is 0 Å². The van der Waals surface area contributed by atoms with Crippen LogP contribution < -0.4 is 0 Å². The van der Waals surface area contributed by atoms with Gasteiger partial charge in [-0.25, -0.2) is 0 Å². The van der Waals surface area contributed by atoms with Crippen LogP contribution in [0.1, 0.15) is 16.7 Å². The van der Waals surface area contributed by atoms with E-state index in [1.807, 2.05) is 24.3 Å². The van der Waals surface area contributed by atoms with E-state index in [-0.39, 0.29) is 0 Å². The van der Waals surface area contributed by atoms with Crippen molar-refractivity contribution < 1.29 is 0 Å². The van der Waals surface area contributed by atoms with Crippen molar-refractivity contribution in [3.63, 3.8) is 0 Å². The summed E-state index contributed by atoms with van der Waals surface area (Å²) in [6, 6.07) is 57.1. The lowest BCUT2D eigenvalue weighted by atomic mass is 9.97. The zero-order valence-corrected chi connectivity index (χ0v) is 23.1. The minimum atomic E-state index is 1.27. The van der Waals surface area contributed by atoms with Gasteiger partial charge < -0.3 is 0 Å². The van der Waals surface area contributed by atoms with Crippen molar-refractivity contribution in [2.75, 3.05) is 0 Å². The fourth-order valence-corrected chi connectivity index (χ4v) is 4.29. The molecule has 0 radical (unpaired) electrons. The molecule has 6 aromatic carbocycles. The molecule has 0 nitrogen and oxygen atoms in total. The van der Waals surface area contributed by atoms with Gasteiger partial charge in [0.15, 0.2) is 0 Å². The molecule has 0 fully saturated rings. The summed E-state index contributed by atoms with van der Waals surface area (Å²) in [5, 5.41) is 0. The Balaban J connectivity index is 0.000000152. The summed E-state index contributed by atoms with van der Waals surface area (Å²) in [6.45, 7) is 6.34. The topological polar surface area (TPSA) is 0 Å². The summed E-state index contributed by atoms with van der Waals surface area (Å²) in [5.41, 5.74) is 11.6. The quantitative estimate of drug-likeness (QED) is 0.225. The molecule has 0 atom stereocenters. The average Bonchev–Trinajstić information content (AvgIpc) is 3.00. The van der Waals surface area contributed by atoms with E-state index < -0.39 is 0 Å². The van der Waals surface area contributed by atoms with E-state index >= 15 is 0 Å². The van der Waals surface area contributed by atoms with Gasteiger partial charge in [-0.3, -0.25) is 0 Å². The Bertz CT molecular complexity index is 1460. The highest BCUT2D eigenvalue weighted by atomic mass is 14.1.